The first kappa shape index (κ1) is 23.2. The van der Waals surface area contributed by atoms with E-state index in [9.17, 15) is 18.0 Å². The summed E-state index contributed by atoms with van der Waals surface area (Å²) >= 11 is 0. The van der Waals surface area contributed by atoms with Crippen LogP contribution in [-0.2, 0) is 9.53 Å². The number of hydrogen-bond acceptors (Lipinski definition) is 4. The summed E-state index contributed by atoms with van der Waals surface area (Å²) in [4.78, 5) is 25.7. The van der Waals surface area contributed by atoms with Crippen molar-refractivity contribution < 1.29 is 32.6 Å². The number of halogens is 3. The number of likely N-dealkylation sites (tertiary alicyclic amines) is 1. The maximum Gasteiger partial charge on any atom is 0.490 e. The monoisotopic (exact) mass is 416 g/mol. The topological polar surface area (TPSA) is 70.1 Å². The van der Waals surface area contributed by atoms with E-state index >= 15 is 0 Å². The summed E-state index contributed by atoms with van der Waals surface area (Å²) in [7, 11) is 4.30. The van der Waals surface area contributed by atoms with Gasteiger partial charge < -0.3 is 19.6 Å². The molecule has 2 aliphatic rings. The first-order valence-corrected chi connectivity index (χ1v) is 9.49. The van der Waals surface area contributed by atoms with Gasteiger partial charge in [0.2, 0.25) is 0 Å². The van der Waals surface area contributed by atoms with Crippen LogP contribution in [0.2, 0.25) is 0 Å². The van der Waals surface area contributed by atoms with Crippen molar-refractivity contribution in [3.05, 3.63) is 35.9 Å². The molecule has 2 saturated heterocycles. The van der Waals surface area contributed by atoms with Crippen LogP contribution in [0.15, 0.2) is 30.3 Å². The van der Waals surface area contributed by atoms with Crippen LogP contribution in [0.3, 0.4) is 0 Å². The molecule has 6 nitrogen and oxygen atoms in total. The number of carbonyl (C=O) groups is 2. The van der Waals surface area contributed by atoms with Gasteiger partial charge in [-0.3, -0.25) is 4.79 Å². The molecule has 0 saturated carbocycles. The first-order valence-electron chi connectivity index (χ1n) is 9.49. The van der Waals surface area contributed by atoms with E-state index in [2.05, 4.69) is 19.0 Å². The molecule has 1 spiro atoms. The van der Waals surface area contributed by atoms with E-state index in [1.165, 1.54) is 0 Å². The minimum absolute atomic E-state index is 0.0132. The number of carboxylic acid groups (broad SMARTS) is 1. The Morgan fingerprint density at radius 3 is 2.21 bits per heavy atom. The lowest BCUT2D eigenvalue weighted by molar-refractivity contribution is -0.192. The number of aliphatic carboxylic acids is 1. The van der Waals surface area contributed by atoms with E-state index < -0.39 is 12.1 Å². The van der Waals surface area contributed by atoms with Crippen LogP contribution in [0.25, 0.3) is 0 Å². The fourth-order valence-corrected chi connectivity index (χ4v) is 3.67. The third kappa shape index (κ3) is 6.43. The van der Waals surface area contributed by atoms with Crippen molar-refractivity contribution >= 4 is 11.9 Å². The molecule has 162 valence electrons. The third-order valence-electron chi connectivity index (χ3n) is 5.42. The fraction of sp³-hybridized carbons (Fsp3) is 0.600. The van der Waals surface area contributed by atoms with Crippen molar-refractivity contribution in [3.63, 3.8) is 0 Å². The van der Waals surface area contributed by atoms with Gasteiger partial charge in [-0.1, -0.05) is 18.2 Å². The first-order chi connectivity index (χ1) is 13.5. The second-order valence-corrected chi connectivity index (χ2v) is 7.60. The van der Waals surface area contributed by atoms with Crippen LogP contribution in [0.5, 0.6) is 0 Å². The molecule has 1 amide bonds. The normalized spacial score (nSPS) is 21.4. The summed E-state index contributed by atoms with van der Waals surface area (Å²) in [5.74, 6) is -2.61. The zero-order chi connectivity index (χ0) is 21.7. The lowest BCUT2D eigenvalue weighted by Crippen LogP contribution is -2.53. The van der Waals surface area contributed by atoms with Gasteiger partial charge in [0.25, 0.3) is 5.91 Å². The molecule has 2 heterocycles. The summed E-state index contributed by atoms with van der Waals surface area (Å²) in [5, 5.41) is 7.12. The predicted octanol–water partition coefficient (Wildman–Crippen LogP) is 3.04. The number of ether oxygens (including phenoxy) is 1. The molecule has 0 radical (unpaired) electrons. The molecule has 1 aromatic rings. The highest BCUT2D eigenvalue weighted by atomic mass is 19.4. The molecule has 3 rings (SSSR count). The Balaban J connectivity index is 0.000000370. The lowest BCUT2D eigenvalue weighted by Gasteiger charge is -2.47. The second-order valence-electron chi connectivity index (χ2n) is 7.60. The lowest BCUT2D eigenvalue weighted by atomic mass is 9.82. The molecule has 1 atom stereocenters. The van der Waals surface area contributed by atoms with Gasteiger partial charge in [0.05, 0.1) is 5.60 Å². The van der Waals surface area contributed by atoms with E-state index in [1.807, 2.05) is 35.2 Å². The quantitative estimate of drug-likeness (QED) is 0.803. The second kappa shape index (κ2) is 9.58. The summed E-state index contributed by atoms with van der Waals surface area (Å²) < 4.78 is 37.9. The Labute approximate surface area is 168 Å². The van der Waals surface area contributed by atoms with Crippen LogP contribution in [-0.4, -0.2) is 78.4 Å². The summed E-state index contributed by atoms with van der Waals surface area (Å²) in [6.07, 6.45) is -0.972. The fourth-order valence-electron chi connectivity index (χ4n) is 3.67. The molecule has 9 heteroatoms. The molecule has 1 unspecified atom stereocenters. The van der Waals surface area contributed by atoms with Crippen LogP contribution in [0.4, 0.5) is 13.2 Å². The van der Waals surface area contributed by atoms with E-state index in [4.69, 9.17) is 14.6 Å². The highest BCUT2D eigenvalue weighted by Gasteiger charge is 2.41. The Morgan fingerprint density at radius 1 is 1.17 bits per heavy atom. The van der Waals surface area contributed by atoms with E-state index in [-0.39, 0.29) is 11.5 Å². The molecule has 2 fully saturated rings. The molecule has 1 N–H and O–H groups in total. The standard InChI is InChI=1S/C18H26N2O2.C2HF3O2/c1-19(2)16-8-13-22-18(14-16)9-11-20(12-10-18)17(21)15-6-4-3-5-7-15;3-2(4,5)1(6)7/h3-7,16H,8-14H2,1-2H3;(H,6,7). The molecule has 0 bridgehead atoms. The van der Waals surface area contributed by atoms with Crippen molar-refractivity contribution in [3.8, 4) is 0 Å². The Bertz CT molecular complexity index is 687. The van der Waals surface area contributed by atoms with Gasteiger partial charge >= 0.3 is 12.1 Å². The van der Waals surface area contributed by atoms with Crippen LogP contribution in [0.1, 0.15) is 36.0 Å². The molecular weight excluding hydrogens is 389 g/mol. The van der Waals surface area contributed by atoms with Gasteiger partial charge in [-0.25, -0.2) is 4.79 Å². The largest absolute Gasteiger partial charge is 0.490 e. The highest BCUT2D eigenvalue weighted by molar-refractivity contribution is 5.94. The Morgan fingerprint density at radius 2 is 1.72 bits per heavy atom. The highest BCUT2D eigenvalue weighted by Crippen LogP contribution is 2.36. The molecule has 2 aliphatic heterocycles. The SMILES string of the molecule is CN(C)C1CCOC2(CCN(C(=O)c3ccccc3)CC2)C1.O=C(O)C(F)(F)F. The number of rotatable bonds is 2. The number of nitrogens with zero attached hydrogens (tertiary/aromatic N) is 2. The van der Waals surface area contributed by atoms with E-state index in [1.54, 1.807) is 0 Å². The van der Waals surface area contributed by atoms with Crippen molar-refractivity contribution in [1.29, 1.82) is 0 Å². The van der Waals surface area contributed by atoms with Crippen molar-refractivity contribution in [2.75, 3.05) is 33.8 Å². The van der Waals surface area contributed by atoms with Crippen LogP contribution in [0, 0.1) is 0 Å². The van der Waals surface area contributed by atoms with E-state index in [0.717, 1.165) is 50.9 Å². The molecule has 0 aromatic heterocycles. The maximum absolute atomic E-state index is 12.5. The zero-order valence-corrected chi connectivity index (χ0v) is 16.6. The summed E-state index contributed by atoms with van der Waals surface area (Å²) in [6, 6.07) is 10.2. The van der Waals surface area contributed by atoms with Gasteiger partial charge in [0.15, 0.2) is 0 Å². The average molecular weight is 416 g/mol. The van der Waals surface area contributed by atoms with Gasteiger partial charge in [-0.2, -0.15) is 13.2 Å². The zero-order valence-electron chi connectivity index (χ0n) is 16.6. The minimum Gasteiger partial charge on any atom is -0.475 e. The number of piperidine rings is 1. The maximum atomic E-state index is 12.5. The van der Waals surface area contributed by atoms with Crippen LogP contribution >= 0.6 is 0 Å². The molecule has 1 aromatic carbocycles. The number of benzene rings is 1. The van der Waals surface area contributed by atoms with Gasteiger partial charge in [0.1, 0.15) is 0 Å². The Hall–Kier alpha value is -2.13. The smallest absolute Gasteiger partial charge is 0.475 e. The third-order valence-corrected chi connectivity index (χ3v) is 5.42. The number of hydrogen-bond donors (Lipinski definition) is 1. The number of amides is 1. The molecule has 29 heavy (non-hydrogen) atoms. The van der Waals surface area contributed by atoms with Crippen LogP contribution < -0.4 is 0 Å². The van der Waals surface area contributed by atoms with Crippen molar-refractivity contribution in [2.24, 2.45) is 0 Å². The predicted molar refractivity (Wildman–Crippen MR) is 101 cm³/mol. The minimum atomic E-state index is -5.08. The summed E-state index contributed by atoms with van der Waals surface area (Å²) in [5.41, 5.74) is 0.773. The van der Waals surface area contributed by atoms with Crippen molar-refractivity contribution in [1.82, 2.24) is 9.80 Å². The van der Waals surface area contributed by atoms with Gasteiger partial charge in [-0.15, -0.1) is 0 Å². The van der Waals surface area contributed by atoms with Crippen molar-refractivity contribution in [2.45, 2.75) is 43.5 Å². The summed E-state index contributed by atoms with van der Waals surface area (Å²) in [6.45, 7) is 2.44. The average Bonchev–Trinajstić information content (AvgIpc) is 2.68. The molecule has 0 aliphatic carbocycles. The number of alkyl halides is 3. The number of carbonyl (C=O) groups excluding carboxylic acids is 1. The molecular formula is C20H27F3N2O4. The van der Waals surface area contributed by atoms with E-state index in [0.29, 0.717) is 6.04 Å². The van der Waals surface area contributed by atoms with Gasteiger partial charge in [0, 0.05) is 31.3 Å². The number of carboxylic acids is 1. The Kier molecular flexibility index (Phi) is 7.65. The van der Waals surface area contributed by atoms with Gasteiger partial charge in [-0.05, 0) is 51.9 Å².